The van der Waals surface area contributed by atoms with Crippen LogP contribution in [0.1, 0.15) is 37.7 Å². The predicted octanol–water partition coefficient (Wildman–Crippen LogP) is 1.80. The van der Waals surface area contributed by atoms with E-state index in [2.05, 4.69) is 26.3 Å². The molecule has 0 fully saturated rings. The number of aryl methyl sites for hydroxylation is 1. The van der Waals surface area contributed by atoms with Crippen molar-refractivity contribution in [2.24, 2.45) is 13.0 Å². The average molecular weight is 332 g/mol. The molecule has 1 rings (SSSR count). The lowest BCUT2D eigenvalue weighted by Gasteiger charge is -2.31. The summed E-state index contributed by atoms with van der Waals surface area (Å²) in [6.07, 6.45) is 2.28. The molecule has 1 aromatic heterocycles. The van der Waals surface area contributed by atoms with Crippen LogP contribution in [-0.4, -0.2) is 32.3 Å². The van der Waals surface area contributed by atoms with Crippen molar-refractivity contribution in [2.75, 3.05) is 0 Å². The van der Waals surface area contributed by atoms with Crippen molar-refractivity contribution < 1.29 is 14.7 Å². The maximum absolute atomic E-state index is 12.1. The third-order valence-corrected chi connectivity index (χ3v) is 3.99. The summed E-state index contributed by atoms with van der Waals surface area (Å²) in [5.41, 5.74) is -1.14. The Bertz CT molecular complexity index is 500. The second-order valence-corrected chi connectivity index (χ2v) is 5.62. The van der Waals surface area contributed by atoms with E-state index >= 15 is 0 Å². The van der Waals surface area contributed by atoms with Crippen LogP contribution in [0.4, 0.5) is 0 Å². The number of carbonyl (C=O) groups excluding carboxylic acids is 1. The molecule has 0 aliphatic rings. The molecular formula is C12H18BrN3O3. The molecule has 0 saturated carbocycles. The zero-order valence-electron chi connectivity index (χ0n) is 11.4. The number of hydrogen-bond donors (Lipinski definition) is 2. The number of nitrogens with one attached hydrogen (secondary N) is 1. The molecule has 0 spiro atoms. The predicted molar refractivity (Wildman–Crippen MR) is 73.9 cm³/mol. The van der Waals surface area contributed by atoms with Crippen LogP contribution in [-0.2, 0) is 11.8 Å². The van der Waals surface area contributed by atoms with Crippen LogP contribution >= 0.6 is 15.9 Å². The third kappa shape index (κ3) is 3.15. The van der Waals surface area contributed by atoms with Gasteiger partial charge >= 0.3 is 5.97 Å². The van der Waals surface area contributed by atoms with Gasteiger partial charge in [0, 0.05) is 13.2 Å². The van der Waals surface area contributed by atoms with Crippen molar-refractivity contribution in [3.05, 3.63) is 16.4 Å². The summed E-state index contributed by atoms with van der Waals surface area (Å²) in [6.45, 7) is 5.19. The van der Waals surface area contributed by atoms with Gasteiger partial charge in [-0.1, -0.05) is 20.3 Å². The fourth-order valence-electron chi connectivity index (χ4n) is 1.70. The SMILES string of the molecule is CCC(C)C(C)(NC(=O)c1nn(C)cc1Br)C(=O)O. The summed E-state index contributed by atoms with van der Waals surface area (Å²) in [6, 6.07) is 0. The molecule has 106 valence electrons. The number of hydrogen-bond acceptors (Lipinski definition) is 3. The molecule has 2 unspecified atom stereocenters. The number of halogens is 1. The largest absolute Gasteiger partial charge is 0.480 e. The lowest BCUT2D eigenvalue weighted by Crippen LogP contribution is -2.56. The highest BCUT2D eigenvalue weighted by molar-refractivity contribution is 9.10. The molecule has 6 nitrogen and oxygen atoms in total. The topological polar surface area (TPSA) is 84.2 Å². The van der Waals surface area contributed by atoms with Gasteiger partial charge in [-0.15, -0.1) is 0 Å². The maximum Gasteiger partial charge on any atom is 0.329 e. The Morgan fingerprint density at radius 1 is 1.63 bits per heavy atom. The summed E-state index contributed by atoms with van der Waals surface area (Å²) in [4.78, 5) is 23.6. The van der Waals surface area contributed by atoms with Crippen LogP contribution in [0.15, 0.2) is 10.7 Å². The van der Waals surface area contributed by atoms with Crippen LogP contribution in [0.3, 0.4) is 0 Å². The summed E-state index contributed by atoms with van der Waals surface area (Å²) in [5.74, 6) is -1.75. The lowest BCUT2D eigenvalue weighted by atomic mass is 9.85. The maximum atomic E-state index is 12.1. The fraction of sp³-hybridized carbons (Fsp3) is 0.583. The molecule has 0 saturated heterocycles. The zero-order valence-corrected chi connectivity index (χ0v) is 13.0. The number of amides is 1. The minimum atomic E-state index is -1.32. The van der Waals surface area contributed by atoms with Crippen LogP contribution in [0, 0.1) is 5.92 Å². The van der Waals surface area contributed by atoms with Gasteiger partial charge in [0.1, 0.15) is 5.54 Å². The quantitative estimate of drug-likeness (QED) is 0.861. The van der Waals surface area contributed by atoms with Gasteiger partial charge in [-0.05, 0) is 28.8 Å². The van der Waals surface area contributed by atoms with Gasteiger partial charge in [0.2, 0.25) is 0 Å². The van der Waals surface area contributed by atoms with E-state index in [9.17, 15) is 14.7 Å². The number of aromatic nitrogens is 2. The van der Waals surface area contributed by atoms with Gasteiger partial charge in [0.15, 0.2) is 5.69 Å². The zero-order chi connectivity index (χ0) is 14.8. The van der Waals surface area contributed by atoms with Crippen LogP contribution in [0.5, 0.6) is 0 Å². The fourth-order valence-corrected chi connectivity index (χ4v) is 2.26. The first-order valence-electron chi connectivity index (χ1n) is 5.97. The highest BCUT2D eigenvalue weighted by Gasteiger charge is 2.40. The monoisotopic (exact) mass is 331 g/mol. The standard InChI is InChI=1S/C12H18BrN3O3/c1-5-7(2)12(3,11(18)19)14-10(17)9-8(13)6-16(4)15-9/h6-7H,5H2,1-4H3,(H,14,17)(H,18,19). The average Bonchev–Trinajstić information content (AvgIpc) is 2.66. The minimum absolute atomic E-state index is 0.179. The molecule has 0 bridgehead atoms. The van der Waals surface area contributed by atoms with Gasteiger partial charge in [-0.2, -0.15) is 5.10 Å². The summed E-state index contributed by atoms with van der Waals surface area (Å²) < 4.78 is 2.02. The van der Waals surface area contributed by atoms with Crippen molar-refractivity contribution in [1.82, 2.24) is 15.1 Å². The van der Waals surface area contributed by atoms with Crippen molar-refractivity contribution in [3.8, 4) is 0 Å². The van der Waals surface area contributed by atoms with Crippen molar-refractivity contribution in [3.63, 3.8) is 0 Å². The number of carboxylic acid groups (broad SMARTS) is 1. The van der Waals surface area contributed by atoms with Crippen LogP contribution in [0.2, 0.25) is 0 Å². The molecule has 1 aromatic rings. The van der Waals surface area contributed by atoms with Crippen LogP contribution < -0.4 is 5.32 Å². The summed E-state index contributed by atoms with van der Waals surface area (Å²) in [7, 11) is 1.69. The Balaban J connectivity index is 3.01. The van der Waals surface area contributed by atoms with E-state index in [1.54, 1.807) is 20.2 Å². The highest BCUT2D eigenvalue weighted by atomic mass is 79.9. The van der Waals surface area contributed by atoms with Crippen molar-refractivity contribution >= 4 is 27.8 Å². The van der Waals surface area contributed by atoms with Gasteiger partial charge in [0.05, 0.1) is 4.47 Å². The van der Waals surface area contributed by atoms with Gasteiger partial charge < -0.3 is 10.4 Å². The minimum Gasteiger partial charge on any atom is -0.480 e. The first kappa shape index (κ1) is 15.7. The van der Waals surface area contributed by atoms with E-state index in [0.29, 0.717) is 10.9 Å². The summed E-state index contributed by atoms with van der Waals surface area (Å²) >= 11 is 3.22. The molecule has 2 N–H and O–H groups in total. The van der Waals surface area contributed by atoms with Gasteiger partial charge in [-0.3, -0.25) is 9.48 Å². The van der Waals surface area contributed by atoms with E-state index < -0.39 is 17.4 Å². The van der Waals surface area contributed by atoms with E-state index in [1.807, 2.05) is 6.92 Å². The normalized spacial score (nSPS) is 15.6. The lowest BCUT2D eigenvalue weighted by molar-refractivity contribution is -0.146. The Kier molecular flexibility index (Phi) is 4.73. The molecule has 1 heterocycles. The molecular weight excluding hydrogens is 314 g/mol. The third-order valence-electron chi connectivity index (χ3n) is 3.41. The Morgan fingerprint density at radius 3 is 2.58 bits per heavy atom. The van der Waals surface area contributed by atoms with E-state index in [0.717, 1.165) is 0 Å². The number of carbonyl (C=O) groups is 2. The number of carboxylic acids is 1. The van der Waals surface area contributed by atoms with E-state index in [4.69, 9.17) is 0 Å². The highest BCUT2D eigenvalue weighted by Crippen LogP contribution is 2.22. The molecule has 2 atom stereocenters. The Hall–Kier alpha value is -1.37. The van der Waals surface area contributed by atoms with Gasteiger partial charge in [0.25, 0.3) is 5.91 Å². The van der Waals surface area contributed by atoms with E-state index in [1.165, 1.54) is 11.6 Å². The van der Waals surface area contributed by atoms with E-state index in [-0.39, 0.29) is 11.6 Å². The van der Waals surface area contributed by atoms with Crippen molar-refractivity contribution in [2.45, 2.75) is 32.7 Å². The number of nitrogens with zero attached hydrogens (tertiary/aromatic N) is 2. The van der Waals surface area contributed by atoms with Crippen LogP contribution in [0.25, 0.3) is 0 Å². The molecule has 1 amide bonds. The Morgan fingerprint density at radius 2 is 2.21 bits per heavy atom. The first-order chi connectivity index (χ1) is 8.72. The number of aliphatic carboxylic acids is 1. The second kappa shape index (κ2) is 5.73. The second-order valence-electron chi connectivity index (χ2n) is 4.77. The molecule has 19 heavy (non-hydrogen) atoms. The first-order valence-corrected chi connectivity index (χ1v) is 6.76. The van der Waals surface area contributed by atoms with Gasteiger partial charge in [-0.25, -0.2) is 4.79 Å². The van der Waals surface area contributed by atoms with Crippen molar-refractivity contribution in [1.29, 1.82) is 0 Å². The molecule has 0 radical (unpaired) electrons. The summed E-state index contributed by atoms with van der Waals surface area (Å²) in [5, 5.41) is 15.9. The number of rotatable bonds is 5. The smallest absolute Gasteiger partial charge is 0.329 e. The molecule has 0 aromatic carbocycles. The molecule has 0 aliphatic heterocycles. The molecule has 0 aliphatic carbocycles. The molecule has 7 heteroatoms. The Labute approximate surface area is 120 Å².